The molecule has 1 rings (SSSR count). The molecule has 0 saturated heterocycles. The number of hydrogen-bond donors (Lipinski definition) is 2. The van der Waals surface area contributed by atoms with E-state index in [1.165, 1.54) is 0 Å². The van der Waals surface area contributed by atoms with Crippen molar-refractivity contribution in [2.24, 2.45) is 10.9 Å². The van der Waals surface area contributed by atoms with E-state index in [1.54, 1.807) is 0 Å². The molecule has 3 heteroatoms. The fraction of sp³-hybridized carbons (Fsp3) is 0.875. The lowest BCUT2D eigenvalue weighted by atomic mass is 10.1. The van der Waals surface area contributed by atoms with Crippen molar-refractivity contribution in [3.63, 3.8) is 0 Å². The highest BCUT2D eigenvalue weighted by Gasteiger charge is 2.12. The Morgan fingerprint density at radius 2 is 2.55 bits per heavy atom. The minimum absolute atomic E-state index is 0.289. The van der Waals surface area contributed by atoms with E-state index in [4.69, 9.17) is 5.11 Å². The summed E-state index contributed by atoms with van der Waals surface area (Å²) in [4.78, 5) is 4.31. The molecular weight excluding hydrogens is 140 g/mol. The zero-order valence-electron chi connectivity index (χ0n) is 7.01. The van der Waals surface area contributed by atoms with Gasteiger partial charge in [-0.1, -0.05) is 6.92 Å². The van der Waals surface area contributed by atoms with Crippen molar-refractivity contribution in [2.45, 2.75) is 19.8 Å². The normalized spacial score (nSPS) is 19.3. The van der Waals surface area contributed by atoms with Crippen molar-refractivity contribution in [1.82, 2.24) is 5.32 Å². The standard InChI is InChI=1S/C8H16N2O/c1-7(3-2-6-11)8-9-4-5-10-8/h7,11H,2-6H2,1H3,(H,9,10). The molecule has 2 N–H and O–H groups in total. The third-order valence-corrected chi connectivity index (χ3v) is 1.96. The molecule has 0 saturated carbocycles. The minimum Gasteiger partial charge on any atom is -0.396 e. The SMILES string of the molecule is CC(CCCO)C1=NCCN1. The largest absolute Gasteiger partial charge is 0.396 e. The summed E-state index contributed by atoms with van der Waals surface area (Å²) < 4.78 is 0. The third-order valence-electron chi connectivity index (χ3n) is 1.96. The van der Waals surface area contributed by atoms with Gasteiger partial charge in [-0.2, -0.15) is 0 Å². The second kappa shape index (κ2) is 4.34. The first-order valence-corrected chi connectivity index (χ1v) is 4.23. The Bertz CT molecular complexity index is 145. The van der Waals surface area contributed by atoms with E-state index >= 15 is 0 Å². The molecule has 0 aromatic heterocycles. The van der Waals surface area contributed by atoms with Crippen molar-refractivity contribution in [1.29, 1.82) is 0 Å². The quantitative estimate of drug-likeness (QED) is 0.618. The van der Waals surface area contributed by atoms with E-state index in [-0.39, 0.29) is 6.61 Å². The predicted octanol–water partition coefficient (Wildman–Crippen LogP) is 0.397. The summed E-state index contributed by atoms with van der Waals surface area (Å²) >= 11 is 0. The summed E-state index contributed by atoms with van der Waals surface area (Å²) in [5.74, 6) is 1.61. The summed E-state index contributed by atoms with van der Waals surface area (Å²) in [5, 5.41) is 11.8. The van der Waals surface area contributed by atoms with Crippen LogP contribution < -0.4 is 5.32 Å². The molecule has 0 aromatic carbocycles. The van der Waals surface area contributed by atoms with Gasteiger partial charge >= 0.3 is 0 Å². The van der Waals surface area contributed by atoms with Crippen molar-refractivity contribution in [3.05, 3.63) is 0 Å². The molecule has 0 amide bonds. The van der Waals surface area contributed by atoms with E-state index in [9.17, 15) is 0 Å². The first-order chi connectivity index (χ1) is 5.34. The molecule has 1 heterocycles. The minimum atomic E-state index is 0.289. The Morgan fingerprint density at radius 3 is 3.09 bits per heavy atom. The first kappa shape index (κ1) is 8.53. The van der Waals surface area contributed by atoms with Crippen LogP contribution in [0.2, 0.25) is 0 Å². The zero-order chi connectivity index (χ0) is 8.10. The Morgan fingerprint density at radius 1 is 1.73 bits per heavy atom. The summed E-state index contributed by atoms with van der Waals surface area (Å²) in [5.41, 5.74) is 0. The van der Waals surface area contributed by atoms with Gasteiger partial charge in [-0.25, -0.2) is 0 Å². The number of aliphatic imine (C=N–C) groups is 1. The number of amidine groups is 1. The van der Waals surface area contributed by atoms with Crippen LogP contribution in [0.1, 0.15) is 19.8 Å². The van der Waals surface area contributed by atoms with Gasteiger partial charge in [0, 0.05) is 19.1 Å². The molecule has 3 nitrogen and oxygen atoms in total. The molecular formula is C8H16N2O. The van der Waals surface area contributed by atoms with E-state index in [0.717, 1.165) is 31.8 Å². The fourth-order valence-corrected chi connectivity index (χ4v) is 1.28. The number of nitrogens with one attached hydrogen (secondary N) is 1. The molecule has 0 bridgehead atoms. The van der Waals surface area contributed by atoms with Crippen LogP contribution in [0.25, 0.3) is 0 Å². The maximum absolute atomic E-state index is 8.60. The van der Waals surface area contributed by atoms with E-state index < -0.39 is 0 Å². The summed E-state index contributed by atoms with van der Waals surface area (Å²) in [6, 6.07) is 0. The zero-order valence-corrected chi connectivity index (χ0v) is 7.01. The van der Waals surface area contributed by atoms with Crippen molar-refractivity contribution >= 4 is 5.84 Å². The van der Waals surface area contributed by atoms with Crippen LogP contribution in [0, 0.1) is 5.92 Å². The number of nitrogens with zero attached hydrogens (tertiary/aromatic N) is 1. The molecule has 1 aliphatic rings. The number of hydrogen-bond acceptors (Lipinski definition) is 3. The van der Waals surface area contributed by atoms with Crippen LogP contribution in [0.4, 0.5) is 0 Å². The Kier molecular flexibility index (Phi) is 3.36. The fourth-order valence-electron chi connectivity index (χ4n) is 1.28. The van der Waals surface area contributed by atoms with Crippen molar-refractivity contribution in [3.8, 4) is 0 Å². The van der Waals surface area contributed by atoms with Gasteiger partial charge in [-0.3, -0.25) is 4.99 Å². The second-order valence-electron chi connectivity index (χ2n) is 2.96. The number of aliphatic hydroxyl groups excluding tert-OH is 1. The molecule has 0 radical (unpaired) electrons. The summed E-state index contributed by atoms with van der Waals surface area (Å²) in [7, 11) is 0. The van der Waals surface area contributed by atoms with E-state index in [2.05, 4.69) is 17.2 Å². The third kappa shape index (κ3) is 2.50. The maximum atomic E-state index is 8.60. The molecule has 1 atom stereocenters. The number of aliphatic hydroxyl groups is 1. The van der Waals surface area contributed by atoms with Gasteiger partial charge in [-0.15, -0.1) is 0 Å². The topological polar surface area (TPSA) is 44.6 Å². The van der Waals surface area contributed by atoms with Gasteiger partial charge in [0.15, 0.2) is 0 Å². The van der Waals surface area contributed by atoms with Crippen LogP contribution in [0.15, 0.2) is 4.99 Å². The summed E-state index contributed by atoms with van der Waals surface area (Å²) in [6.07, 6.45) is 1.91. The lowest BCUT2D eigenvalue weighted by Gasteiger charge is -2.10. The van der Waals surface area contributed by atoms with Crippen LogP contribution in [-0.2, 0) is 0 Å². The average Bonchev–Trinajstić information content (AvgIpc) is 2.52. The summed E-state index contributed by atoms with van der Waals surface area (Å²) in [6.45, 7) is 4.34. The van der Waals surface area contributed by atoms with Gasteiger partial charge in [-0.05, 0) is 12.8 Å². The molecule has 1 aliphatic heterocycles. The van der Waals surface area contributed by atoms with Crippen LogP contribution in [0.5, 0.6) is 0 Å². The van der Waals surface area contributed by atoms with Gasteiger partial charge in [0.2, 0.25) is 0 Å². The molecule has 0 aromatic rings. The molecule has 0 fully saturated rings. The van der Waals surface area contributed by atoms with Gasteiger partial charge in [0.1, 0.15) is 0 Å². The van der Waals surface area contributed by atoms with Crippen molar-refractivity contribution in [2.75, 3.05) is 19.7 Å². The van der Waals surface area contributed by atoms with Crippen LogP contribution >= 0.6 is 0 Å². The predicted molar refractivity (Wildman–Crippen MR) is 45.8 cm³/mol. The molecule has 0 spiro atoms. The lowest BCUT2D eigenvalue weighted by Crippen LogP contribution is -2.25. The Balaban J connectivity index is 2.23. The monoisotopic (exact) mass is 156 g/mol. The number of rotatable bonds is 4. The molecule has 11 heavy (non-hydrogen) atoms. The van der Waals surface area contributed by atoms with Crippen molar-refractivity contribution < 1.29 is 5.11 Å². The van der Waals surface area contributed by atoms with Crippen LogP contribution in [0.3, 0.4) is 0 Å². The molecule has 0 aliphatic carbocycles. The maximum Gasteiger partial charge on any atom is 0.0993 e. The van der Waals surface area contributed by atoms with E-state index in [1.807, 2.05) is 0 Å². The Labute approximate surface area is 67.5 Å². The first-order valence-electron chi connectivity index (χ1n) is 4.23. The average molecular weight is 156 g/mol. The van der Waals surface area contributed by atoms with E-state index in [0.29, 0.717) is 5.92 Å². The van der Waals surface area contributed by atoms with Gasteiger partial charge < -0.3 is 10.4 Å². The van der Waals surface area contributed by atoms with Crippen LogP contribution in [-0.4, -0.2) is 30.6 Å². The highest BCUT2D eigenvalue weighted by molar-refractivity contribution is 5.85. The highest BCUT2D eigenvalue weighted by atomic mass is 16.2. The highest BCUT2D eigenvalue weighted by Crippen LogP contribution is 2.07. The van der Waals surface area contributed by atoms with Gasteiger partial charge in [0.05, 0.1) is 12.4 Å². The molecule has 1 unspecified atom stereocenters. The second-order valence-corrected chi connectivity index (χ2v) is 2.96. The van der Waals surface area contributed by atoms with Gasteiger partial charge in [0.25, 0.3) is 0 Å². The Hall–Kier alpha value is -0.570. The molecule has 64 valence electrons. The smallest absolute Gasteiger partial charge is 0.0993 e. The lowest BCUT2D eigenvalue weighted by molar-refractivity contribution is 0.280.